The van der Waals surface area contributed by atoms with Crippen LogP contribution < -0.4 is 0 Å². The molecule has 2 aromatic heterocycles. The molecule has 1 fully saturated rings. The molecule has 3 heterocycles. The second kappa shape index (κ2) is 6.94. The number of hydrogen-bond donors (Lipinski definition) is 0. The Morgan fingerprint density at radius 1 is 1.17 bits per heavy atom. The molecular formula is C17H20N6O. The first-order valence-electron chi connectivity index (χ1n) is 8.13. The summed E-state index contributed by atoms with van der Waals surface area (Å²) in [5.74, 6) is 0. The molecule has 1 aliphatic rings. The number of nitrogens with zero attached hydrogens (tertiary/aromatic N) is 6. The molecule has 0 unspecified atom stereocenters. The van der Waals surface area contributed by atoms with Gasteiger partial charge in [-0.3, -0.25) is 9.58 Å². The van der Waals surface area contributed by atoms with Gasteiger partial charge >= 0.3 is 0 Å². The molecule has 0 aliphatic carbocycles. The van der Waals surface area contributed by atoms with Crippen molar-refractivity contribution in [2.45, 2.75) is 19.2 Å². The van der Waals surface area contributed by atoms with Crippen LogP contribution in [0.4, 0.5) is 0 Å². The Kier molecular flexibility index (Phi) is 4.35. The Bertz CT molecular complexity index is 755. The highest BCUT2D eigenvalue weighted by Crippen LogP contribution is 2.12. The maximum Gasteiger partial charge on any atom is 0.137 e. The quantitative estimate of drug-likeness (QED) is 0.709. The van der Waals surface area contributed by atoms with Crippen molar-refractivity contribution in [3.63, 3.8) is 0 Å². The number of benzene rings is 1. The summed E-state index contributed by atoms with van der Waals surface area (Å²) in [4.78, 5) is 6.35. The molecule has 0 radical (unpaired) electrons. The van der Waals surface area contributed by atoms with E-state index in [2.05, 4.69) is 38.3 Å². The van der Waals surface area contributed by atoms with Crippen molar-refractivity contribution >= 4 is 0 Å². The summed E-state index contributed by atoms with van der Waals surface area (Å²) in [6.45, 7) is 4.09. The maximum absolute atomic E-state index is 5.84. The monoisotopic (exact) mass is 324 g/mol. The molecular weight excluding hydrogens is 304 g/mol. The van der Waals surface area contributed by atoms with Crippen LogP contribution in [-0.2, 0) is 17.8 Å². The van der Waals surface area contributed by atoms with Crippen molar-refractivity contribution in [3.05, 3.63) is 60.9 Å². The molecule has 7 nitrogen and oxygen atoms in total. The highest BCUT2D eigenvalue weighted by molar-refractivity contribution is 5.30. The highest BCUT2D eigenvalue weighted by atomic mass is 16.5. The van der Waals surface area contributed by atoms with Crippen molar-refractivity contribution in [1.82, 2.24) is 29.4 Å². The van der Waals surface area contributed by atoms with Crippen molar-refractivity contribution in [2.75, 3.05) is 19.7 Å². The van der Waals surface area contributed by atoms with E-state index < -0.39 is 0 Å². The molecule has 1 aromatic carbocycles. The predicted molar refractivity (Wildman–Crippen MR) is 88.6 cm³/mol. The van der Waals surface area contributed by atoms with Crippen LogP contribution in [0.5, 0.6) is 0 Å². The first kappa shape index (κ1) is 15.0. The molecule has 1 aliphatic heterocycles. The summed E-state index contributed by atoms with van der Waals surface area (Å²) in [7, 11) is 0. The largest absolute Gasteiger partial charge is 0.374 e. The third-order valence-corrected chi connectivity index (χ3v) is 4.13. The molecule has 4 rings (SSSR count). The standard InChI is InChI=1S/C17H20N6O/c1-2-4-16(5-3-1)23-7-6-15(20-23)10-21-8-9-24-17(11-21)12-22-14-18-13-19-22/h1-7,13-14,17H,8-12H2/t17-/m1/s1. The Hall–Kier alpha value is -2.51. The minimum atomic E-state index is 0.136. The van der Waals surface area contributed by atoms with Gasteiger partial charge in [-0.1, -0.05) is 18.2 Å². The Labute approximate surface area is 140 Å². The molecule has 1 saturated heterocycles. The van der Waals surface area contributed by atoms with E-state index in [1.807, 2.05) is 33.8 Å². The second-order valence-corrected chi connectivity index (χ2v) is 5.93. The molecule has 0 N–H and O–H groups in total. The van der Waals surface area contributed by atoms with Gasteiger partial charge in [-0.05, 0) is 18.2 Å². The summed E-state index contributed by atoms with van der Waals surface area (Å²) < 4.78 is 9.57. The molecule has 0 amide bonds. The van der Waals surface area contributed by atoms with Crippen molar-refractivity contribution < 1.29 is 4.74 Å². The Morgan fingerprint density at radius 3 is 2.92 bits per heavy atom. The summed E-state index contributed by atoms with van der Waals surface area (Å²) >= 11 is 0. The van der Waals surface area contributed by atoms with E-state index in [-0.39, 0.29) is 6.10 Å². The fourth-order valence-corrected chi connectivity index (χ4v) is 2.97. The van der Waals surface area contributed by atoms with Crippen molar-refractivity contribution in [1.29, 1.82) is 0 Å². The number of rotatable bonds is 5. The molecule has 1 atom stereocenters. The van der Waals surface area contributed by atoms with Crippen LogP contribution in [0.2, 0.25) is 0 Å². The van der Waals surface area contributed by atoms with Gasteiger partial charge in [0.2, 0.25) is 0 Å². The van der Waals surface area contributed by atoms with Crippen LogP contribution in [0, 0.1) is 0 Å². The number of aromatic nitrogens is 5. The van der Waals surface area contributed by atoms with E-state index in [1.54, 1.807) is 12.7 Å². The highest BCUT2D eigenvalue weighted by Gasteiger charge is 2.21. The molecule has 7 heteroatoms. The Morgan fingerprint density at radius 2 is 2.08 bits per heavy atom. The average Bonchev–Trinajstić information content (AvgIpc) is 3.28. The van der Waals surface area contributed by atoms with Gasteiger partial charge in [0.15, 0.2) is 0 Å². The minimum Gasteiger partial charge on any atom is -0.374 e. The third-order valence-electron chi connectivity index (χ3n) is 4.13. The van der Waals surface area contributed by atoms with Crippen LogP contribution in [0.15, 0.2) is 55.2 Å². The van der Waals surface area contributed by atoms with Crippen LogP contribution in [0.3, 0.4) is 0 Å². The maximum atomic E-state index is 5.84. The lowest BCUT2D eigenvalue weighted by Crippen LogP contribution is -2.43. The lowest BCUT2D eigenvalue weighted by molar-refractivity contribution is -0.0406. The predicted octanol–water partition coefficient (Wildman–Crippen LogP) is 1.36. The van der Waals surface area contributed by atoms with Crippen LogP contribution in [0.1, 0.15) is 5.69 Å². The lowest BCUT2D eigenvalue weighted by atomic mass is 10.2. The van der Waals surface area contributed by atoms with Crippen LogP contribution >= 0.6 is 0 Å². The summed E-state index contributed by atoms with van der Waals surface area (Å²) in [6, 6.07) is 12.2. The van der Waals surface area contributed by atoms with Crippen molar-refractivity contribution in [2.24, 2.45) is 0 Å². The normalized spacial score (nSPS) is 18.8. The Balaban J connectivity index is 1.37. The van der Waals surface area contributed by atoms with Gasteiger partial charge in [-0.25, -0.2) is 9.67 Å². The van der Waals surface area contributed by atoms with E-state index >= 15 is 0 Å². The number of hydrogen-bond acceptors (Lipinski definition) is 5. The van der Waals surface area contributed by atoms with Gasteiger partial charge in [0.05, 0.1) is 30.6 Å². The fraction of sp³-hybridized carbons (Fsp3) is 0.353. The van der Waals surface area contributed by atoms with E-state index in [0.717, 1.165) is 44.2 Å². The molecule has 0 spiro atoms. The smallest absolute Gasteiger partial charge is 0.137 e. The van der Waals surface area contributed by atoms with Gasteiger partial charge in [0.25, 0.3) is 0 Å². The molecule has 124 valence electrons. The average molecular weight is 324 g/mol. The number of ether oxygens (including phenoxy) is 1. The second-order valence-electron chi connectivity index (χ2n) is 5.93. The van der Waals surface area contributed by atoms with Crippen LogP contribution in [0.25, 0.3) is 5.69 Å². The summed E-state index contributed by atoms with van der Waals surface area (Å²) in [6.07, 6.45) is 5.43. The number of para-hydroxylation sites is 1. The van der Waals surface area contributed by atoms with E-state index in [0.29, 0.717) is 0 Å². The molecule has 24 heavy (non-hydrogen) atoms. The van der Waals surface area contributed by atoms with Gasteiger partial charge in [-0.15, -0.1) is 0 Å². The van der Waals surface area contributed by atoms with E-state index in [4.69, 9.17) is 4.74 Å². The molecule has 0 bridgehead atoms. The lowest BCUT2D eigenvalue weighted by Gasteiger charge is -2.32. The third kappa shape index (κ3) is 3.52. The molecule has 0 saturated carbocycles. The van der Waals surface area contributed by atoms with Gasteiger partial charge in [-0.2, -0.15) is 10.2 Å². The zero-order valence-electron chi connectivity index (χ0n) is 13.4. The SMILES string of the molecule is c1ccc(-n2ccc(CN3CCO[C@@H](Cn4cncn4)C3)n2)cc1. The zero-order valence-corrected chi connectivity index (χ0v) is 13.4. The minimum absolute atomic E-state index is 0.136. The first-order valence-corrected chi connectivity index (χ1v) is 8.13. The van der Waals surface area contributed by atoms with Gasteiger partial charge in [0, 0.05) is 25.8 Å². The van der Waals surface area contributed by atoms with Gasteiger partial charge < -0.3 is 4.74 Å². The van der Waals surface area contributed by atoms with Gasteiger partial charge in [0.1, 0.15) is 12.7 Å². The van der Waals surface area contributed by atoms with E-state index in [9.17, 15) is 0 Å². The topological polar surface area (TPSA) is 61.0 Å². The first-order chi connectivity index (χ1) is 11.9. The summed E-state index contributed by atoms with van der Waals surface area (Å²) in [5, 5.41) is 8.83. The van der Waals surface area contributed by atoms with E-state index in [1.165, 1.54) is 0 Å². The fourth-order valence-electron chi connectivity index (χ4n) is 2.97. The summed E-state index contributed by atoms with van der Waals surface area (Å²) in [5.41, 5.74) is 2.15. The van der Waals surface area contributed by atoms with Crippen molar-refractivity contribution in [3.8, 4) is 5.69 Å². The zero-order chi connectivity index (χ0) is 16.2. The molecule has 3 aromatic rings. The number of morpholine rings is 1. The van der Waals surface area contributed by atoms with Crippen LogP contribution in [-0.4, -0.2) is 55.2 Å².